The van der Waals surface area contributed by atoms with E-state index in [1.165, 1.54) is 59.5 Å². The molecule has 0 unspecified atom stereocenters. The molecule has 2 aromatic carbocycles. The molecule has 188 valence electrons. The van der Waals surface area contributed by atoms with Crippen LogP contribution in [0.25, 0.3) is 11.1 Å². The number of hydrogen-bond acceptors (Lipinski definition) is 6. The first-order valence-corrected chi connectivity index (χ1v) is 14.6. The lowest BCUT2D eigenvalue weighted by Gasteiger charge is -2.31. The second kappa shape index (κ2) is 16.2. The Bertz CT molecular complexity index is 878. The molecule has 0 bridgehead atoms. The second-order valence-corrected chi connectivity index (χ2v) is 10.6. The third-order valence-corrected chi connectivity index (χ3v) is 8.15. The highest BCUT2D eigenvalue weighted by molar-refractivity contribution is 8.00. The van der Waals surface area contributed by atoms with Crippen LogP contribution in [-0.4, -0.2) is 51.6 Å². The van der Waals surface area contributed by atoms with Gasteiger partial charge >= 0.3 is 0 Å². The summed E-state index contributed by atoms with van der Waals surface area (Å²) in [7, 11) is 2.12. The average Bonchev–Trinajstić information content (AvgIpc) is 2.87. The SMILES string of the molecule is CCCCCCCSc1ccc(-c2cc(N3CCNCC3)ccc2N(C)SC)cc1Cl.NC=O. The topological polar surface area (TPSA) is 61.6 Å². The molecule has 1 fully saturated rings. The standard InChI is InChI=1S/C25H36ClN3S2.CH3NO/c1-4-5-6-7-8-17-31-25-12-9-20(18-23(25)26)22-19-21(29-15-13-27-14-16-29)10-11-24(22)28(2)30-3;2-1-3/h9-12,18-19,27H,4-8,13-17H2,1-3H3;1H,(H2,2,3). The van der Waals surface area contributed by atoms with Crippen LogP contribution in [0.5, 0.6) is 0 Å². The Kier molecular flexibility index (Phi) is 13.7. The molecule has 1 aliphatic rings. The Labute approximate surface area is 219 Å². The van der Waals surface area contributed by atoms with Crippen LogP contribution in [-0.2, 0) is 4.79 Å². The summed E-state index contributed by atoms with van der Waals surface area (Å²) in [5, 5.41) is 4.30. The maximum absolute atomic E-state index is 8.58. The molecule has 0 aromatic heterocycles. The first-order chi connectivity index (χ1) is 16.5. The summed E-state index contributed by atoms with van der Waals surface area (Å²) in [5.41, 5.74) is 9.10. The number of nitrogens with one attached hydrogen (secondary N) is 1. The fraction of sp³-hybridized carbons (Fsp3) is 0.500. The molecule has 3 N–H and O–H groups in total. The van der Waals surface area contributed by atoms with Crippen LogP contribution >= 0.6 is 35.3 Å². The van der Waals surface area contributed by atoms with E-state index in [0.717, 1.165) is 37.0 Å². The van der Waals surface area contributed by atoms with Crippen molar-refractivity contribution in [3.8, 4) is 11.1 Å². The first-order valence-electron chi connectivity index (χ1n) is 12.0. The van der Waals surface area contributed by atoms with Gasteiger partial charge in [-0.3, -0.25) is 4.79 Å². The number of halogens is 1. The number of carbonyl (C=O) groups is 1. The van der Waals surface area contributed by atoms with Gasteiger partial charge < -0.3 is 20.3 Å². The Balaban J connectivity index is 0.00000129. The molecule has 34 heavy (non-hydrogen) atoms. The number of benzene rings is 2. The molecule has 1 heterocycles. The molecule has 3 rings (SSSR count). The Hall–Kier alpha value is -1.54. The summed E-state index contributed by atoms with van der Waals surface area (Å²) >= 11 is 10.4. The minimum atomic E-state index is 0.250. The van der Waals surface area contributed by atoms with Gasteiger partial charge in [0.15, 0.2) is 0 Å². The normalized spacial score (nSPS) is 13.2. The van der Waals surface area contributed by atoms with E-state index in [1.807, 2.05) is 11.8 Å². The summed E-state index contributed by atoms with van der Waals surface area (Å²) in [6.45, 7) is 6.44. The lowest BCUT2D eigenvalue weighted by Crippen LogP contribution is -2.43. The third kappa shape index (κ3) is 8.91. The minimum absolute atomic E-state index is 0.250. The van der Waals surface area contributed by atoms with Gasteiger partial charge in [-0.25, -0.2) is 0 Å². The lowest BCUT2D eigenvalue weighted by molar-refractivity contribution is -0.106. The average molecular weight is 523 g/mol. The number of nitrogens with zero attached hydrogens (tertiary/aromatic N) is 2. The highest BCUT2D eigenvalue weighted by Crippen LogP contribution is 2.39. The highest BCUT2D eigenvalue weighted by atomic mass is 35.5. The van der Waals surface area contributed by atoms with Crippen molar-refractivity contribution in [3.05, 3.63) is 41.4 Å². The van der Waals surface area contributed by atoms with E-state index in [2.05, 4.69) is 76.9 Å². The molecular weight excluding hydrogens is 484 g/mol. The van der Waals surface area contributed by atoms with E-state index in [0.29, 0.717) is 0 Å². The largest absolute Gasteiger partial charge is 0.372 e. The van der Waals surface area contributed by atoms with Crippen LogP contribution in [0.15, 0.2) is 41.3 Å². The third-order valence-electron chi connectivity index (χ3n) is 5.82. The van der Waals surface area contributed by atoms with Crippen molar-refractivity contribution in [2.75, 3.05) is 54.4 Å². The number of carbonyl (C=O) groups excluding carboxylic acids is 1. The molecule has 1 amide bonds. The Morgan fingerprint density at radius 3 is 2.47 bits per heavy atom. The minimum Gasteiger partial charge on any atom is -0.372 e. The Morgan fingerprint density at radius 2 is 1.82 bits per heavy atom. The van der Waals surface area contributed by atoms with Gasteiger partial charge in [0.1, 0.15) is 0 Å². The van der Waals surface area contributed by atoms with Crippen LogP contribution in [0, 0.1) is 0 Å². The maximum Gasteiger partial charge on any atom is 0.204 e. The first kappa shape index (κ1) is 28.7. The number of anilines is 2. The number of piperazine rings is 1. The van der Waals surface area contributed by atoms with Crippen molar-refractivity contribution in [3.63, 3.8) is 0 Å². The van der Waals surface area contributed by atoms with Crippen LogP contribution in [0.1, 0.15) is 39.0 Å². The van der Waals surface area contributed by atoms with Gasteiger partial charge in [-0.05, 0) is 48.1 Å². The van der Waals surface area contributed by atoms with Gasteiger partial charge in [0.25, 0.3) is 0 Å². The van der Waals surface area contributed by atoms with Crippen molar-refractivity contribution in [2.24, 2.45) is 5.73 Å². The number of hydrogen-bond donors (Lipinski definition) is 2. The highest BCUT2D eigenvalue weighted by Gasteiger charge is 2.16. The molecule has 0 aliphatic carbocycles. The van der Waals surface area contributed by atoms with E-state index >= 15 is 0 Å². The van der Waals surface area contributed by atoms with Gasteiger partial charge in [0, 0.05) is 55.6 Å². The number of amides is 1. The molecular formula is C26H39ClN4OS2. The smallest absolute Gasteiger partial charge is 0.204 e. The Morgan fingerprint density at radius 1 is 1.12 bits per heavy atom. The number of primary amides is 1. The van der Waals surface area contributed by atoms with Gasteiger partial charge in [-0.2, -0.15) is 0 Å². The number of nitrogens with two attached hydrogens (primary N) is 1. The lowest BCUT2D eigenvalue weighted by atomic mass is 10.0. The quantitative estimate of drug-likeness (QED) is 0.156. The van der Waals surface area contributed by atoms with Crippen molar-refractivity contribution in [1.82, 2.24) is 5.32 Å². The summed E-state index contributed by atoms with van der Waals surface area (Å²) < 4.78 is 2.23. The molecule has 5 nitrogen and oxygen atoms in total. The number of unbranched alkanes of at least 4 members (excludes halogenated alkanes) is 4. The van der Waals surface area contributed by atoms with Gasteiger partial charge in [0.2, 0.25) is 6.41 Å². The predicted molar refractivity (Wildman–Crippen MR) is 154 cm³/mol. The van der Waals surface area contributed by atoms with Crippen LogP contribution in [0.3, 0.4) is 0 Å². The summed E-state index contributed by atoms with van der Waals surface area (Å²) in [6.07, 6.45) is 8.93. The van der Waals surface area contributed by atoms with Gasteiger partial charge in [-0.1, -0.05) is 62.2 Å². The zero-order chi connectivity index (χ0) is 24.8. The van der Waals surface area contributed by atoms with Gasteiger partial charge in [-0.15, -0.1) is 11.8 Å². The van der Waals surface area contributed by atoms with Gasteiger partial charge in [0.05, 0.1) is 10.7 Å². The monoisotopic (exact) mass is 522 g/mol. The molecule has 0 radical (unpaired) electrons. The molecule has 8 heteroatoms. The van der Waals surface area contributed by atoms with Crippen molar-refractivity contribution in [2.45, 2.75) is 43.9 Å². The van der Waals surface area contributed by atoms with Crippen molar-refractivity contribution < 1.29 is 4.79 Å². The molecule has 2 aromatic rings. The van der Waals surface area contributed by atoms with Crippen LogP contribution < -0.4 is 20.3 Å². The van der Waals surface area contributed by atoms with E-state index in [1.54, 1.807) is 11.9 Å². The van der Waals surface area contributed by atoms with E-state index in [4.69, 9.17) is 16.4 Å². The zero-order valence-corrected chi connectivity index (χ0v) is 23.1. The molecule has 1 saturated heterocycles. The predicted octanol–water partition coefficient (Wildman–Crippen LogP) is 6.29. The summed E-state index contributed by atoms with van der Waals surface area (Å²) in [5.74, 6) is 1.14. The number of rotatable bonds is 11. The van der Waals surface area contributed by atoms with Crippen molar-refractivity contribution >= 4 is 53.1 Å². The molecule has 0 spiro atoms. The second-order valence-electron chi connectivity index (χ2n) is 8.16. The van der Waals surface area contributed by atoms with E-state index in [9.17, 15) is 0 Å². The molecule has 0 atom stereocenters. The summed E-state index contributed by atoms with van der Waals surface area (Å²) in [6, 6.07) is 13.4. The fourth-order valence-corrected chi connectivity index (χ4v) is 5.55. The molecule has 0 saturated carbocycles. The zero-order valence-electron chi connectivity index (χ0n) is 20.7. The van der Waals surface area contributed by atoms with Crippen LogP contribution in [0.2, 0.25) is 5.02 Å². The summed E-state index contributed by atoms with van der Waals surface area (Å²) in [4.78, 5) is 12.2. The molecule has 1 aliphatic heterocycles. The van der Waals surface area contributed by atoms with E-state index in [-0.39, 0.29) is 6.41 Å². The maximum atomic E-state index is 8.58. The fourth-order valence-electron chi connectivity index (χ4n) is 3.92. The number of thioether (sulfide) groups is 1. The van der Waals surface area contributed by atoms with E-state index < -0.39 is 0 Å². The van der Waals surface area contributed by atoms with Crippen molar-refractivity contribution in [1.29, 1.82) is 0 Å². The van der Waals surface area contributed by atoms with Crippen LogP contribution in [0.4, 0.5) is 11.4 Å².